The van der Waals surface area contributed by atoms with E-state index in [-0.39, 0.29) is 12.0 Å². The van der Waals surface area contributed by atoms with Gasteiger partial charge in [-0.05, 0) is 0 Å². The zero-order valence-corrected chi connectivity index (χ0v) is 8.89. The highest BCUT2D eigenvalue weighted by atomic mass is 35.5. The number of pyridine rings is 1. The SMILES string of the molecule is COC(=O)Cc1cncc(C(F)(F)F)c1Cl. The molecule has 3 nitrogen and oxygen atoms in total. The summed E-state index contributed by atoms with van der Waals surface area (Å²) >= 11 is 5.53. The summed E-state index contributed by atoms with van der Waals surface area (Å²) in [5.74, 6) is -0.678. The molecule has 0 radical (unpaired) electrons. The highest BCUT2D eigenvalue weighted by Crippen LogP contribution is 2.35. The second-order valence-electron chi connectivity index (χ2n) is 2.91. The van der Waals surface area contributed by atoms with Crippen molar-refractivity contribution in [1.29, 1.82) is 0 Å². The monoisotopic (exact) mass is 253 g/mol. The van der Waals surface area contributed by atoms with Crippen LogP contribution in [-0.4, -0.2) is 18.1 Å². The number of hydrogen-bond acceptors (Lipinski definition) is 3. The highest BCUT2D eigenvalue weighted by molar-refractivity contribution is 6.32. The number of carbonyl (C=O) groups excluding carboxylic acids is 1. The Kier molecular flexibility index (Phi) is 3.74. The summed E-state index contributed by atoms with van der Waals surface area (Å²) in [6.45, 7) is 0. The van der Waals surface area contributed by atoms with Crippen molar-refractivity contribution in [1.82, 2.24) is 4.98 Å². The van der Waals surface area contributed by atoms with Crippen LogP contribution in [0, 0.1) is 0 Å². The summed E-state index contributed by atoms with van der Waals surface area (Å²) < 4.78 is 41.6. The number of carbonyl (C=O) groups is 1. The van der Waals surface area contributed by atoms with E-state index >= 15 is 0 Å². The maximum atomic E-state index is 12.4. The summed E-state index contributed by atoms with van der Waals surface area (Å²) in [6, 6.07) is 0. The Labute approximate surface area is 94.2 Å². The smallest absolute Gasteiger partial charge is 0.419 e. The fourth-order valence-corrected chi connectivity index (χ4v) is 1.31. The van der Waals surface area contributed by atoms with E-state index in [9.17, 15) is 18.0 Å². The molecule has 0 spiro atoms. The maximum Gasteiger partial charge on any atom is 0.419 e. The minimum atomic E-state index is -4.59. The average molecular weight is 254 g/mol. The Morgan fingerprint density at radius 1 is 1.50 bits per heavy atom. The van der Waals surface area contributed by atoms with E-state index in [2.05, 4.69) is 9.72 Å². The number of ether oxygens (including phenoxy) is 1. The molecule has 1 heterocycles. The van der Waals surface area contributed by atoms with Crippen molar-refractivity contribution in [3.8, 4) is 0 Å². The first-order valence-corrected chi connectivity index (χ1v) is 4.50. The van der Waals surface area contributed by atoms with Crippen molar-refractivity contribution in [3.63, 3.8) is 0 Å². The molecule has 1 aromatic rings. The molecule has 0 atom stereocenters. The van der Waals surface area contributed by atoms with Crippen LogP contribution < -0.4 is 0 Å². The highest BCUT2D eigenvalue weighted by Gasteiger charge is 2.34. The van der Waals surface area contributed by atoms with E-state index in [1.54, 1.807) is 0 Å². The van der Waals surface area contributed by atoms with Crippen molar-refractivity contribution < 1.29 is 22.7 Å². The van der Waals surface area contributed by atoms with Gasteiger partial charge in [-0.25, -0.2) is 0 Å². The fraction of sp³-hybridized carbons (Fsp3) is 0.333. The molecule has 0 saturated carbocycles. The third kappa shape index (κ3) is 2.85. The third-order valence-electron chi connectivity index (χ3n) is 1.82. The molecule has 0 aliphatic carbocycles. The van der Waals surface area contributed by atoms with Gasteiger partial charge in [0.2, 0.25) is 0 Å². The number of alkyl halides is 3. The van der Waals surface area contributed by atoms with Crippen LogP contribution in [0.1, 0.15) is 11.1 Å². The van der Waals surface area contributed by atoms with Gasteiger partial charge in [0.25, 0.3) is 0 Å². The van der Waals surface area contributed by atoms with Crippen molar-refractivity contribution >= 4 is 17.6 Å². The summed E-state index contributed by atoms with van der Waals surface area (Å²) in [6.07, 6.45) is -3.21. The third-order valence-corrected chi connectivity index (χ3v) is 2.27. The van der Waals surface area contributed by atoms with Crippen molar-refractivity contribution in [2.45, 2.75) is 12.6 Å². The van der Waals surface area contributed by atoms with Crippen LogP contribution in [-0.2, 0) is 22.1 Å². The number of nitrogens with zero attached hydrogens (tertiary/aromatic N) is 1. The zero-order chi connectivity index (χ0) is 12.3. The molecule has 0 N–H and O–H groups in total. The molecular formula is C9H7ClF3NO2. The number of hydrogen-bond donors (Lipinski definition) is 0. The lowest BCUT2D eigenvalue weighted by Gasteiger charge is -2.10. The molecule has 0 saturated heterocycles. The largest absolute Gasteiger partial charge is 0.469 e. The second-order valence-corrected chi connectivity index (χ2v) is 3.29. The van der Waals surface area contributed by atoms with Gasteiger partial charge in [0.05, 0.1) is 24.1 Å². The maximum absolute atomic E-state index is 12.4. The minimum absolute atomic E-state index is 0.0108. The second kappa shape index (κ2) is 4.69. The van der Waals surface area contributed by atoms with Gasteiger partial charge < -0.3 is 4.74 Å². The normalized spacial score (nSPS) is 11.3. The van der Waals surface area contributed by atoms with Gasteiger partial charge in [-0.15, -0.1) is 0 Å². The molecule has 0 bridgehead atoms. The first kappa shape index (κ1) is 12.8. The Bertz CT molecular complexity index is 406. The van der Waals surface area contributed by atoms with Gasteiger partial charge in [-0.1, -0.05) is 11.6 Å². The number of esters is 1. The van der Waals surface area contributed by atoms with Gasteiger partial charge >= 0.3 is 12.1 Å². The van der Waals surface area contributed by atoms with Gasteiger partial charge in [0.15, 0.2) is 0 Å². The number of halogens is 4. The van der Waals surface area contributed by atoms with Crippen LogP contribution in [0.3, 0.4) is 0 Å². The topological polar surface area (TPSA) is 39.2 Å². The van der Waals surface area contributed by atoms with E-state index in [1.165, 1.54) is 0 Å². The van der Waals surface area contributed by atoms with Crippen molar-refractivity contribution in [2.24, 2.45) is 0 Å². The molecular weight excluding hydrogens is 247 g/mol. The Morgan fingerprint density at radius 2 is 2.12 bits per heavy atom. The van der Waals surface area contributed by atoms with Crippen LogP contribution in [0.2, 0.25) is 5.02 Å². The molecule has 0 amide bonds. The van der Waals surface area contributed by atoms with E-state index in [1.807, 2.05) is 0 Å². The lowest BCUT2D eigenvalue weighted by atomic mass is 10.1. The van der Waals surface area contributed by atoms with E-state index in [0.29, 0.717) is 6.20 Å². The van der Waals surface area contributed by atoms with Crippen molar-refractivity contribution in [2.75, 3.05) is 7.11 Å². The predicted octanol–water partition coefficient (Wildman–Crippen LogP) is 2.47. The predicted molar refractivity (Wildman–Crippen MR) is 50.0 cm³/mol. The Balaban J connectivity index is 3.09. The van der Waals surface area contributed by atoms with Crippen molar-refractivity contribution in [3.05, 3.63) is 28.5 Å². The molecule has 0 unspecified atom stereocenters. The molecule has 16 heavy (non-hydrogen) atoms. The number of rotatable bonds is 2. The number of methoxy groups -OCH3 is 1. The van der Waals surface area contributed by atoms with Crippen LogP contribution >= 0.6 is 11.6 Å². The van der Waals surface area contributed by atoms with E-state index in [4.69, 9.17) is 11.6 Å². The van der Waals surface area contributed by atoms with Crippen LogP contribution in [0.5, 0.6) is 0 Å². The van der Waals surface area contributed by atoms with E-state index < -0.39 is 22.7 Å². The molecule has 1 rings (SSSR count). The van der Waals surface area contributed by atoms with Gasteiger partial charge in [0, 0.05) is 18.0 Å². The molecule has 0 fully saturated rings. The summed E-state index contributed by atoms with van der Waals surface area (Å²) in [5.41, 5.74) is -1.07. The van der Waals surface area contributed by atoms with Crippen LogP contribution in [0.25, 0.3) is 0 Å². The Hall–Kier alpha value is -1.30. The van der Waals surface area contributed by atoms with Crippen LogP contribution in [0.15, 0.2) is 12.4 Å². The lowest BCUT2D eigenvalue weighted by molar-refractivity contribution is -0.140. The van der Waals surface area contributed by atoms with Crippen LogP contribution in [0.4, 0.5) is 13.2 Å². The molecule has 88 valence electrons. The number of aromatic nitrogens is 1. The molecule has 0 aliphatic rings. The Morgan fingerprint density at radius 3 is 2.62 bits per heavy atom. The first-order valence-electron chi connectivity index (χ1n) is 4.12. The lowest BCUT2D eigenvalue weighted by Crippen LogP contribution is -2.11. The fourth-order valence-electron chi connectivity index (χ4n) is 1.04. The van der Waals surface area contributed by atoms with Gasteiger partial charge in [-0.3, -0.25) is 9.78 Å². The van der Waals surface area contributed by atoms with Gasteiger partial charge in [-0.2, -0.15) is 13.2 Å². The average Bonchev–Trinajstić information content (AvgIpc) is 2.19. The molecule has 7 heteroatoms. The summed E-state index contributed by atoms with van der Waals surface area (Å²) in [5, 5.41) is -0.520. The quantitative estimate of drug-likeness (QED) is 0.760. The molecule has 1 aromatic heterocycles. The summed E-state index contributed by atoms with van der Waals surface area (Å²) in [4.78, 5) is 14.3. The zero-order valence-electron chi connectivity index (χ0n) is 8.14. The standard InChI is InChI=1S/C9H7ClF3NO2/c1-16-7(15)2-5-3-14-4-6(8(5)10)9(11,12)13/h3-4H,2H2,1H3. The summed E-state index contributed by atoms with van der Waals surface area (Å²) in [7, 11) is 1.14. The van der Waals surface area contributed by atoms with E-state index in [0.717, 1.165) is 13.3 Å². The first-order chi connectivity index (χ1) is 7.36. The molecule has 0 aliphatic heterocycles. The minimum Gasteiger partial charge on any atom is -0.469 e. The molecule has 0 aromatic carbocycles. The van der Waals surface area contributed by atoms with Gasteiger partial charge in [0.1, 0.15) is 0 Å².